The summed E-state index contributed by atoms with van der Waals surface area (Å²) in [6.45, 7) is 3.61. The molecule has 1 unspecified atom stereocenters. The van der Waals surface area contributed by atoms with Gasteiger partial charge < -0.3 is 14.7 Å². The first-order chi connectivity index (χ1) is 8.22. The number of rotatable bonds is 2. The lowest BCUT2D eigenvalue weighted by Gasteiger charge is -2.33. The molecule has 0 radical (unpaired) electrons. The van der Waals surface area contributed by atoms with Gasteiger partial charge in [0.2, 0.25) is 0 Å². The Bertz CT molecular complexity index is 426. The Morgan fingerprint density at radius 2 is 2.29 bits per heavy atom. The van der Waals surface area contributed by atoms with Crippen LogP contribution in [0.3, 0.4) is 0 Å². The van der Waals surface area contributed by atoms with Gasteiger partial charge in [-0.1, -0.05) is 18.2 Å². The Morgan fingerprint density at radius 3 is 3.00 bits per heavy atom. The van der Waals surface area contributed by atoms with Gasteiger partial charge in [-0.05, 0) is 13.0 Å². The molecule has 0 amide bonds. The smallest absolute Gasteiger partial charge is 0.161 e. The van der Waals surface area contributed by atoms with Gasteiger partial charge in [0.05, 0.1) is 25.3 Å². The van der Waals surface area contributed by atoms with Crippen molar-refractivity contribution in [1.82, 2.24) is 0 Å². The van der Waals surface area contributed by atoms with Gasteiger partial charge in [0.25, 0.3) is 0 Å². The second-order valence-electron chi connectivity index (χ2n) is 4.17. The highest BCUT2D eigenvalue weighted by atomic mass is 16.5. The van der Waals surface area contributed by atoms with Gasteiger partial charge in [-0.3, -0.25) is 0 Å². The average molecular weight is 232 g/mol. The maximum atomic E-state index is 9.74. The molecule has 2 atom stereocenters. The van der Waals surface area contributed by atoms with Gasteiger partial charge in [0.15, 0.2) is 6.10 Å². The zero-order chi connectivity index (χ0) is 12.3. The van der Waals surface area contributed by atoms with Crippen LogP contribution in [0.15, 0.2) is 24.3 Å². The van der Waals surface area contributed by atoms with Crippen LogP contribution in [0.25, 0.3) is 0 Å². The molecule has 1 saturated heterocycles. The van der Waals surface area contributed by atoms with E-state index in [0.29, 0.717) is 13.2 Å². The van der Waals surface area contributed by atoms with Crippen LogP contribution in [0, 0.1) is 11.3 Å². The number of para-hydroxylation sites is 1. The number of aliphatic hydroxyl groups excluding tert-OH is 1. The number of nitriles is 1. The largest absolute Gasteiger partial charge is 0.389 e. The molecule has 90 valence electrons. The van der Waals surface area contributed by atoms with Crippen LogP contribution in [0.1, 0.15) is 18.6 Å². The third-order valence-corrected chi connectivity index (χ3v) is 2.94. The first kappa shape index (κ1) is 11.9. The molecule has 1 fully saturated rings. The number of benzene rings is 1. The highest BCUT2D eigenvalue weighted by Crippen LogP contribution is 2.27. The second-order valence-corrected chi connectivity index (χ2v) is 4.17. The van der Waals surface area contributed by atoms with E-state index in [1.165, 1.54) is 0 Å². The van der Waals surface area contributed by atoms with Crippen molar-refractivity contribution < 1.29 is 9.84 Å². The third kappa shape index (κ3) is 2.57. The van der Waals surface area contributed by atoms with E-state index in [4.69, 9.17) is 10.00 Å². The molecule has 0 aromatic heterocycles. The number of aliphatic hydroxyl groups is 1. The lowest BCUT2D eigenvalue weighted by Crippen LogP contribution is -2.42. The van der Waals surface area contributed by atoms with Gasteiger partial charge in [-0.15, -0.1) is 0 Å². The summed E-state index contributed by atoms with van der Waals surface area (Å²) in [4.78, 5) is 2.10. The van der Waals surface area contributed by atoms with Gasteiger partial charge in [-0.2, -0.15) is 5.26 Å². The number of hydrogen-bond donors (Lipinski definition) is 1. The van der Waals surface area contributed by atoms with Crippen LogP contribution >= 0.6 is 0 Å². The SMILES string of the molecule is C[C@H](O)c1ccccc1N1CCOC(C#N)C1. The molecule has 2 rings (SSSR count). The Morgan fingerprint density at radius 1 is 1.53 bits per heavy atom. The van der Waals surface area contributed by atoms with E-state index in [-0.39, 0.29) is 6.10 Å². The van der Waals surface area contributed by atoms with Crippen molar-refractivity contribution in [2.45, 2.75) is 19.1 Å². The Labute approximate surface area is 101 Å². The predicted octanol–water partition coefficient (Wildman–Crippen LogP) is 1.47. The molecule has 0 bridgehead atoms. The summed E-state index contributed by atoms with van der Waals surface area (Å²) < 4.78 is 5.31. The maximum absolute atomic E-state index is 9.74. The molecule has 0 aliphatic carbocycles. The van der Waals surface area contributed by atoms with Crippen molar-refractivity contribution >= 4 is 5.69 Å². The normalized spacial score (nSPS) is 21.9. The molecule has 1 aliphatic heterocycles. The lowest BCUT2D eigenvalue weighted by atomic mass is 10.1. The van der Waals surface area contributed by atoms with Crippen LogP contribution in [0.2, 0.25) is 0 Å². The van der Waals surface area contributed by atoms with E-state index in [2.05, 4.69) is 11.0 Å². The standard InChI is InChI=1S/C13H16N2O2/c1-10(16)12-4-2-3-5-13(12)15-6-7-17-11(8-14)9-15/h2-5,10-11,16H,6-7,9H2,1H3/t10-,11?/m0/s1. The molecule has 17 heavy (non-hydrogen) atoms. The summed E-state index contributed by atoms with van der Waals surface area (Å²) in [6, 6.07) is 9.87. The molecule has 1 N–H and O–H groups in total. The zero-order valence-electron chi connectivity index (χ0n) is 9.84. The summed E-state index contributed by atoms with van der Waals surface area (Å²) in [5, 5.41) is 18.6. The molecule has 4 heteroatoms. The minimum absolute atomic E-state index is 0.384. The van der Waals surface area contributed by atoms with Crippen LogP contribution < -0.4 is 4.90 Å². The number of hydrogen-bond acceptors (Lipinski definition) is 4. The molecular formula is C13H16N2O2. The summed E-state index contributed by atoms with van der Waals surface area (Å²) in [5.41, 5.74) is 1.89. The van der Waals surface area contributed by atoms with Crippen molar-refractivity contribution in [3.05, 3.63) is 29.8 Å². The van der Waals surface area contributed by atoms with Gasteiger partial charge >= 0.3 is 0 Å². The van der Waals surface area contributed by atoms with Gasteiger partial charge in [0, 0.05) is 17.8 Å². The van der Waals surface area contributed by atoms with Crippen molar-refractivity contribution in [2.75, 3.05) is 24.6 Å². The molecule has 1 aliphatic rings. The molecule has 1 aromatic carbocycles. The van der Waals surface area contributed by atoms with Crippen LogP contribution in [-0.2, 0) is 4.74 Å². The second kappa shape index (κ2) is 5.17. The summed E-state index contributed by atoms with van der Waals surface area (Å²) in [6.07, 6.45) is -0.889. The number of ether oxygens (including phenoxy) is 1. The number of morpholine rings is 1. The van der Waals surface area contributed by atoms with Crippen molar-refractivity contribution in [3.63, 3.8) is 0 Å². The highest BCUT2D eigenvalue weighted by Gasteiger charge is 2.22. The van der Waals surface area contributed by atoms with E-state index in [9.17, 15) is 5.11 Å². The predicted molar refractivity (Wildman–Crippen MR) is 64.6 cm³/mol. The van der Waals surface area contributed by atoms with E-state index in [1.807, 2.05) is 24.3 Å². The Kier molecular flexibility index (Phi) is 3.62. The van der Waals surface area contributed by atoms with Gasteiger partial charge in [0.1, 0.15) is 0 Å². The minimum Gasteiger partial charge on any atom is -0.389 e. The maximum Gasteiger partial charge on any atom is 0.161 e. The van der Waals surface area contributed by atoms with Crippen molar-refractivity contribution in [1.29, 1.82) is 5.26 Å². The fourth-order valence-corrected chi connectivity index (χ4v) is 2.07. The first-order valence-corrected chi connectivity index (χ1v) is 5.75. The number of anilines is 1. The topological polar surface area (TPSA) is 56.5 Å². The van der Waals surface area contributed by atoms with Crippen LogP contribution in [-0.4, -0.2) is 30.9 Å². The first-order valence-electron chi connectivity index (χ1n) is 5.75. The monoisotopic (exact) mass is 232 g/mol. The van der Waals surface area contributed by atoms with E-state index in [0.717, 1.165) is 17.8 Å². The summed E-state index contributed by atoms with van der Waals surface area (Å²) in [7, 11) is 0. The molecule has 1 aromatic rings. The summed E-state index contributed by atoms with van der Waals surface area (Å²) >= 11 is 0. The van der Waals surface area contributed by atoms with Crippen molar-refractivity contribution in [3.8, 4) is 6.07 Å². The van der Waals surface area contributed by atoms with E-state index >= 15 is 0 Å². The Balaban J connectivity index is 2.25. The minimum atomic E-state index is -0.505. The molecular weight excluding hydrogens is 216 g/mol. The molecule has 4 nitrogen and oxygen atoms in total. The fourth-order valence-electron chi connectivity index (χ4n) is 2.07. The summed E-state index contributed by atoms with van der Waals surface area (Å²) in [5.74, 6) is 0. The molecule has 0 saturated carbocycles. The van der Waals surface area contributed by atoms with E-state index < -0.39 is 6.10 Å². The molecule has 1 heterocycles. The van der Waals surface area contributed by atoms with Crippen LogP contribution in [0.5, 0.6) is 0 Å². The highest BCUT2D eigenvalue weighted by molar-refractivity contribution is 5.55. The third-order valence-electron chi connectivity index (χ3n) is 2.94. The quantitative estimate of drug-likeness (QED) is 0.839. The Hall–Kier alpha value is -1.57. The van der Waals surface area contributed by atoms with Gasteiger partial charge in [-0.25, -0.2) is 0 Å². The van der Waals surface area contributed by atoms with E-state index in [1.54, 1.807) is 6.92 Å². The fraction of sp³-hybridized carbons (Fsp3) is 0.462. The van der Waals surface area contributed by atoms with Crippen LogP contribution in [0.4, 0.5) is 5.69 Å². The number of nitrogens with zero attached hydrogens (tertiary/aromatic N) is 2. The average Bonchev–Trinajstić information content (AvgIpc) is 2.39. The van der Waals surface area contributed by atoms with Crippen molar-refractivity contribution in [2.24, 2.45) is 0 Å². The molecule has 0 spiro atoms. The lowest BCUT2D eigenvalue weighted by molar-refractivity contribution is 0.0761. The zero-order valence-corrected chi connectivity index (χ0v) is 9.84.